The van der Waals surface area contributed by atoms with Crippen LogP contribution in [-0.4, -0.2) is 46.1 Å². The molecule has 2 aliphatic rings. The number of piperidine rings is 1. The second kappa shape index (κ2) is 6.50. The van der Waals surface area contributed by atoms with Crippen LogP contribution in [0.25, 0.3) is 5.76 Å². The first-order chi connectivity index (χ1) is 11.8. The van der Waals surface area contributed by atoms with Gasteiger partial charge in [0.05, 0.1) is 6.42 Å². The minimum atomic E-state index is -0.539. The fraction of sp³-hybridized carbons (Fsp3) is 0.526. The summed E-state index contributed by atoms with van der Waals surface area (Å²) < 4.78 is 11.7. The molecule has 0 unspecified atom stereocenters. The standard InChI is InChI=1S/C19H24N2O4/c1-18(2,3)25-17(23)21-10-6-19(7-11-21)13-15(22)12-16(24-19)14-4-8-20-9-5-14/h4-5,8-9,12H,6-7,10-11,13H2,1-3H3. The Morgan fingerprint density at radius 2 is 1.88 bits per heavy atom. The molecule has 0 radical (unpaired) electrons. The zero-order valence-electron chi connectivity index (χ0n) is 14.9. The number of amides is 1. The number of carbonyl (C=O) groups is 2. The average Bonchev–Trinajstić information content (AvgIpc) is 2.54. The second-order valence-electron chi connectivity index (χ2n) is 7.64. The molecule has 1 saturated heterocycles. The Kier molecular flexibility index (Phi) is 4.54. The Morgan fingerprint density at radius 1 is 1.24 bits per heavy atom. The molecule has 134 valence electrons. The van der Waals surface area contributed by atoms with Crippen molar-refractivity contribution in [3.8, 4) is 0 Å². The number of carbonyl (C=O) groups excluding carboxylic acids is 2. The molecule has 3 heterocycles. The molecular weight excluding hydrogens is 320 g/mol. The van der Waals surface area contributed by atoms with E-state index >= 15 is 0 Å². The van der Waals surface area contributed by atoms with Crippen molar-refractivity contribution in [2.45, 2.75) is 51.2 Å². The molecule has 1 aromatic heterocycles. The van der Waals surface area contributed by atoms with Gasteiger partial charge in [0.2, 0.25) is 0 Å². The van der Waals surface area contributed by atoms with Crippen LogP contribution in [0.5, 0.6) is 0 Å². The Balaban J connectivity index is 1.68. The van der Waals surface area contributed by atoms with Crippen molar-refractivity contribution < 1.29 is 19.1 Å². The maximum atomic E-state index is 12.2. The molecule has 0 bridgehead atoms. The van der Waals surface area contributed by atoms with Gasteiger partial charge in [0, 0.05) is 50.0 Å². The molecule has 1 spiro atoms. The highest BCUT2D eigenvalue weighted by Gasteiger charge is 2.43. The van der Waals surface area contributed by atoms with Gasteiger partial charge in [0.15, 0.2) is 5.78 Å². The van der Waals surface area contributed by atoms with Crippen molar-refractivity contribution in [3.63, 3.8) is 0 Å². The minimum Gasteiger partial charge on any atom is -0.486 e. The van der Waals surface area contributed by atoms with E-state index in [1.54, 1.807) is 23.4 Å². The predicted molar refractivity (Wildman–Crippen MR) is 92.7 cm³/mol. The van der Waals surface area contributed by atoms with Crippen molar-refractivity contribution in [2.24, 2.45) is 0 Å². The molecule has 6 nitrogen and oxygen atoms in total. The highest BCUT2D eigenvalue weighted by atomic mass is 16.6. The van der Waals surface area contributed by atoms with Crippen LogP contribution >= 0.6 is 0 Å². The molecule has 6 heteroatoms. The number of pyridine rings is 1. The number of hydrogen-bond acceptors (Lipinski definition) is 5. The van der Waals surface area contributed by atoms with Crippen LogP contribution in [0.3, 0.4) is 0 Å². The molecule has 3 rings (SSSR count). The molecule has 25 heavy (non-hydrogen) atoms. The number of hydrogen-bond donors (Lipinski definition) is 0. The Labute approximate surface area is 147 Å². The summed E-state index contributed by atoms with van der Waals surface area (Å²) in [5.41, 5.74) is -0.207. The van der Waals surface area contributed by atoms with E-state index in [4.69, 9.17) is 9.47 Å². The summed E-state index contributed by atoms with van der Waals surface area (Å²) in [6.45, 7) is 6.60. The topological polar surface area (TPSA) is 68.7 Å². The van der Waals surface area contributed by atoms with Gasteiger partial charge in [0.1, 0.15) is 17.0 Å². The van der Waals surface area contributed by atoms with Crippen LogP contribution in [0.2, 0.25) is 0 Å². The molecule has 1 aromatic rings. The predicted octanol–water partition coefficient (Wildman–Crippen LogP) is 3.18. The molecule has 1 amide bonds. The summed E-state index contributed by atoms with van der Waals surface area (Å²) in [6.07, 6.45) is 6.17. The first-order valence-electron chi connectivity index (χ1n) is 8.58. The van der Waals surface area contributed by atoms with Gasteiger partial charge in [-0.3, -0.25) is 9.78 Å². The number of rotatable bonds is 1. The van der Waals surface area contributed by atoms with Gasteiger partial charge in [-0.05, 0) is 32.9 Å². The molecule has 0 saturated carbocycles. The summed E-state index contributed by atoms with van der Waals surface area (Å²) in [5.74, 6) is 0.646. The normalized spacial score (nSPS) is 20.0. The van der Waals surface area contributed by atoms with E-state index in [-0.39, 0.29) is 11.9 Å². The molecule has 0 aliphatic carbocycles. The van der Waals surface area contributed by atoms with Crippen molar-refractivity contribution in [1.82, 2.24) is 9.88 Å². The van der Waals surface area contributed by atoms with Gasteiger partial charge in [-0.1, -0.05) is 0 Å². The third-order valence-electron chi connectivity index (χ3n) is 4.41. The number of likely N-dealkylation sites (tertiary alicyclic amines) is 1. The Morgan fingerprint density at radius 3 is 2.48 bits per heavy atom. The smallest absolute Gasteiger partial charge is 0.410 e. The second-order valence-corrected chi connectivity index (χ2v) is 7.64. The lowest BCUT2D eigenvalue weighted by Crippen LogP contribution is -2.50. The van der Waals surface area contributed by atoms with E-state index in [0.717, 1.165) is 5.56 Å². The zero-order chi connectivity index (χ0) is 18.1. The molecule has 0 aromatic carbocycles. The van der Waals surface area contributed by atoms with Crippen LogP contribution in [0.1, 0.15) is 45.6 Å². The fourth-order valence-electron chi connectivity index (χ4n) is 3.17. The van der Waals surface area contributed by atoms with Gasteiger partial charge in [-0.2, -0.15) is 0 Å². The SMILES string of the molecule is CC(C)(C)OC(=O)N1CCC2(CC1)CC(=O)C=C(c1ccncc1)O2. The first-order valence-corrected chi connectivity index (χ1v) is 8.58. The highest BCUT2D eigenvalue weighted by Crippen LogP contribution is 2.38. The summed E-state index contributed by atoms with van der Waals surface area (Å²) >= 11 is 0. The van der Waals surface area contributed by atoms with Crippen LogP contribution in [-0.2, 0) is 14.3 Å². The van der Waals surface area contributed by atoms with Crippen LogP contribution in [0, 0.1) is 0 Å². The van der Waals surface area contributed by atoms with E-state index in [2.05, 4.69) is 4.98 Å². The van der Waals surface area contributed by atoms with Crippen LogP contribution in [0.15, 0.2) is 30.6 Å². The Hall–Kier alpha value is -2.37. The largest absolute Gasteiger partial charge is 0.486 e. The van der Waals surface area contributed by atoms with Crippen molar-refractivity contribution in [2.75, 3.05) is 13.1 Å². The maximum Gasteiger partial charge on any atom is 0.410 e. The number of ketones is 1. The summed E-state index contributed by atoms with van der Waals surface area (Å²) in [5, 5.41) is 0. The average molecular weight is 344 g/mol. The Bertz CT molecular complexity index is 683. The summed E-state index contributed by atoms with van der Waals surface area (Å²) in [7, 11) is 0. The minimum absolute atomic E-state index is 0.0591. The number of allylic oxidation sites excluding steroid dienone is 1. The van der Waals surface area contributed by atoms with Gasteiger partial charge in [-0.25, -0.2) is 4.79 Å². The maximum absolute atomic E-state index is 12.2. The number of aromatic nitrogens is 1. The van der Waals surface area contributed by atoms with E-state index in [1.807, 2.05) is 32.9 Å². The van der Waals surface area contributed by atoms with Crippen molar-refractivity contribution in [1.29, 1.82) is 0 Å². The molecular formula is C19H24N2O4. The van der Waals surface area contributed by atoms with Gasteiger partial charge < -0.3 is 14.4 Å². The van der Waals surface area contributed by atoms with Gasteiger partial charge >= 0.3 is 6.09 Å². The summed E-state index contributed by atoms with van der Waals surface area (Å²) in [6, 6.07) is 3.65. The van der Waals surface area contributed by atoms with Crippen LogP contribution < -0.4 is 0 Å². The van der Waals surface area contributed by atoms with Crippen LogP contribution in [0.4, 0.5) is 4.79 Å². The zero-order valence-corrected chi connectivity index (χ0v) is 14.9. The number of ether oxygens (including phenoxy) is 2. The van der Waals surface area contributed by atoms with E-state index < -0.39 is 11.2 Å². The first kappa shape index (κ1) is 17.5. The summed E-state index contributed by atoms with van der Waals surface area (Å²) in [4.78, 5) is 30.1. The third-order valence-corrected chi connectivity index (χ3v) is 4.41. The lowest BCUT2D eigenvalue weighted by Gasteiger charge is -2.43. The van der Waals surface area contributed by atoms with Gasteiger partial charge in [0.25, 0.3) is 0 Å². The van der Waals surface area contributed by atoms with E-state index in [0.29, 0.717) is 38.1 Å². The lowest BCUT2D eigenvalue weighted by molar-refractivity contribution is -0.123. The molecule has 0 N–H and O–H groups in total. The quantitative estimate of drug-likeness (QED) is 0.783. The van der Waals surface area contributed by atoms with E-state index in [1.165, 1.54) is 0 Å². The third kappa shape index (κ3) is 4.18. The molecule has 1 fully saturated rings. The number of nitrogens with zero attached hydrogens (tertiary/aromatic N) is 2. The van der Waals surface area contributed by atoms with Crippen molar-refractivity contribution >= 4 is 17.6 Å². The molecule has 2 aliphatic heterocycles. The molecule has 0 atom stereocenters. The fourth-order valence-corrected chi connectivity index (χ4v) is 3.17. The van der Waals surface area contributed by atoms with E-state index in [9.17, 15) is 9.59 Å². The van der Waals surface area contributed by atoms with Gasteiger partial charge in [-0.15, -0.1) is 0 Å². The lowest BCUT2D eigenvalue weighted by atomic mass is 9.84. The monoisotopic (exact) mass is 344 g/mol. The van der Waals surface area contributed by atoms with Crippen molar-refractivity contribution in [3.05, 3.63) is 36.2 Å². The highest BCUT2D eigenvalue weighted by molar-refractivity contribution is 5.97.